The van der Waals surface area contributed by atoms with Gasteiger partial charge in [-0.25, -0.2) is 4.99 Å². The topological polar surface area (TPSA) is 29.3 Å². The fourth-order valence-electron chi connectivity index (χ4n) is 10.2. The lowest BCUT2D eigenvalue weighted by Crippen LogP contribution is -2.29. The molecule has 2 aliphatic carbocycles. The van der Waals surface area contributed by atoms with E-state index in [9.17, 15) is 0 Å². The third kappa shape index (κ3) is 4.76. The van der Waals surface area contributed by atoms with Crippen LogP contribution in [0, 0.1) is 5.92 Å². The van der Waals surface area contributed by atoms with Crippen molar-refractivity contribution < 1.29 is 0 Å². The Morgan fingerprint density at radius 2 is 1.24 bits per heavy atom. The van der Waals surface area contributed by atoms with Crippen molar-refractivity contribution in [2.75, 3.05) is 0 Å². The molecule has 0 fully saturated rings. The summed E-state index contributed by atoms with van der Waals surface area (Å²) >= 11 is 1.88. The molecule has 1 aliphatic heterocycles. The first kappa shape index (κ1) is 33.4. The van der Waals surface area contributed by atoms with E-state index in [1.54, 1.807) is 0 Å². The zero-order valence-electron chi connectivity index (χ0n) is 32.1. The first-order valence-corrected chi connectivity index (χ1v) is 21.1. The molecule has 3 heterocycles. The highest BCUT2D eigenvalue weighted by molar-refractivity contribution is 7.26. The molecular weight excluding hydrogens is 723 g/mol. The molecule has 9 aromatic rings. The summed E-state index contributed by atoms with van der Waals surface area (Å²) in [5.41, 5.74) is 15.8. The standard InChI is InChI=1S/C54H39N3S/c1-34-26-29-49-45(32-34)41-28-27-37(54(36-16-6-3-7-17-36)46-24-10-8-18-39(46)40-19-9-11-25-47(40)54)33-50(41)57(49)53-55-31-30-48(56-53)44-23-13-22-43-42-21-12-20-38(51(42)58-52(43)44)35-14-4-2-5-15-35/h2-31,33-34,53,55H,32H2,1H3. The molecule has 0 spiro atoms. The van der Waals surface area contributed by atoms with Gasteiger partial charge in [0.1, 0.15) is 0 Å². The van der Waals surface area contributed by atoms with Gasteiger partial charge >= 0.3 is 0 Å². The van der Waals surface area contributed by atoms with Crippen molar-refractivity contribution in [2.24, 2.45) is 10.9 Å². The number of aliphatic imine (C=N–C) groups is 1. The molecule has 2 aromatic heterocycles. The third-order valence-corrected chi connectivity index (χ3v) is 14.0. The number of fused-ring (bicyclic) bond motifs is 9. The molecule has 0 bridgehead atoms. The van der Waals surface area contributed by atoms with Gasteiger partial charge in [0.05, 0.1) is 16.6 Å². The summed E-state index contributed by atoms with van der Waals surface area (Å²) in [4.78, 5) is 5.60. The number of rotatable bonds is 5. The lowest BCUT2D eigenvalue weighted by atomic mass is 9.67. The monoisotopic (exact) mass is 761 g/mol. The van der Waals surface area contributed by atoms with Crippen molar-refractivity contribution >= 4 is 54.2 Å². The smallest absolute Gasteiger partial charge is 0.201 e. The highest BCUT2D eigenvalue weighted by Crippen LogP contribution is 2.56. The lowest BCUT2D eigenvalue weighted by molar-refractivity contribution is 0.481. The van der Waals surface area contributed by atoms with E-state index >= 15 is 0 Å². The maximum Gasteiger partial charge on any atom is 0.201 e. The van der Waals surface area contributed by atoms with Gasteiger partial charge < -0.3 is 9.88 Å². The van der Waals surface area contributed by atoms with Gasteiger partial charge in [-0.3, -0.25) is 0 Å². The van der Waals surface area contributed by atoms with E-state index in [0.717, 1.165) is 17.7 Å². The summed E-state index contributed by atoms with van der Waals surface area (Å²) in [6, 6.07) is 60.5. The average molecular weight is 762 g/mol. The maximum atomic E-state index is 5.60. The number of nitrogens with one attached hydrogen (secondary N) is 1. The minimum absolute atomic E-state index is 0.333. The molecule has 4 heteroatoms. The van der Waals surface area contributed by atoms with Gasteiger partial charge in [0.2, 0.25) is 6.29 Å². The second kappa shape index (κ2) is 12.9. The van der Waals surface area contributed by atoms with Crippen LogP contribution in [0.4, 0.5) is 0 Å². The van der Waals surface area contributed by atoms with Crippen LogP contribution >= 0.6 is 11.3 Å². The van der Waals surface area contributed by atoms with Crippen molar-refractivity contribution in [3.8, 4) is 22.3 Å². The van der Waals surface area contributed by atoms with Gasteiger partial charge in [0, 0.05) is 43.0 Å². The van der Waals surface area contributed by atoms with Gasteiger partial charge in [-0.2, -0.15) is 0 Å². The number of nitrogens with zero attached hydrogens (tertiary/aromatic N) is 2. The molecule has 0 saturated heterocycles. The van der Waals surface area contributed by atoms with Gasteiger partial charge in [0.15, 0.2) is 0 Å². The van der Waals surface area contributed by atoms with E-state index in [1.807, 2.05) is 11.3 Å². The Hall–Kier alpha value is -6.75. The predicted molar refractivity (Wildman–Crippen MR) is 244 cm³/mol. The Bertz CT molecular complexity index is 3150. The second-order valence-corrected chi connectivity index (χ2v) is 17.0. The van der Waals surface area contributed by atoms with Crippen molar-refractivity contribution in [3.05, 3.63) is 221 Å². The summed E-state index contributed by atoms with van der Waals surface area (Å²) in [5, 5.41) is 7.57. The van der Waals surface area contributed by atoms with E-state index in [2.05, 4.69) is 205 Å². The van der Waals surface area contributed by atoms with Crippen LogP contribution in [0.15, 0.2) is 187 Å². The van der Waals surface area contributed by atoms with E-state index in [0.29, 0.717) is 5.92 Å². The van der Waals surface area contributed by atoms with Crippen LogP contribution in [0.2, 0.25) is 0 Å². The third-order valence-electron chi connectivity index (χ3n) is 12.7. The molecule has 2 atom stereocenters. The molecule has 7 aromatic carbocycles. The number of thiophene rings is 1. The zero-order chi connectivity index (χ0) is 38.4. The van der Waals surface area contributed by atoms with Gasteiger partial charge in [-0.05, 0) is 80.6 Å². The molecule has 276 valence electrons. The van der Waals surface area contributed by atoms with Crippen LogP contribution in [0.3, 0.4) is 0 Å². The predicted octanol–water partition coefficient (Wildman–Crippen LogP) is 13.3. The summed E-state index contributed by atoms with van der Waals surface area (Å²) in [5.74, 6) is 0.458. The molecule has 58 heavy (non-hydrogen) atoms. The Kier molecular flexibility index (Phi) is 7.42. The van der Waals surface area contributed by atoms with Crippen molar-refractivity contribution in [3.63, 3.8) is 0 Å². The Morgan fingerprint density at radius 3 is 1.98 bits per heavy atom. The molecule has 1 N–H and O–H groups in total. The number of aromatic nitrogens is 1. The normalized spacial score (nSPS) is 17.6. The van der Waals surface area contributed by atoms with Crippen LogP contribution < -0.4 is 5.32 Å². The second-order valence-electron chi connectivity index (χ2n) is 15.9. The molecule has 0 amide bonds. The fourth-order valence-corrected chi connectivity index (χ4v) is 11.6. The van der Waals surface area contributed by atoms with E-state index in [1.165, 1.54) is 86.8 Å². The van der Waals surface area contributed by atoms with Crippen LogP contribution in [0.1, 0.15) is 52.3 Å². The van der Waals surface area contributed by atoms with Crippen LogP contribution in [0.5, 0.6) is 0 Å². The van der Waals surface area contributed by atoms with Crippen LogP contribution in [-0.4, -0.2) is 10.3 Å². The highest BCUT2D eigenvalue weighted by Gasteiger charge is 2.46. The summed E-state index contributed by atoms with van der Waals surface area (Å²) in [6.07, 6.45) is 9.60. The molecule has 0 saturated carbocycles. The minimum Gasteiger partial charge on any atom is -0.353 e. The Balaban J connectivity index is 1.07. The summed E-state index contributed by atoms with van der Waals surface area (Å²) in [7, 11) is 0. The van der Waals surface area contributed by atoms with Crippen molar-refractivity contribution in [2.45, 2.75) is 25.0 Å². The first-order chi connectivity index (χ1) is 28.7. The van der Waals surface area contributed by atoms with E-state index in [-0.39, 0.29) is 6.29 Å². The lowest BCUT2D eigenvalue weighted by Gasteiger charge is -2.34. The molecule has 0 radical (unpaired) electrons. The largest absolute Gasteiger partial charge is 0.353 e. The average Bonchev–Trinajstić information content (AvgIpc) is 3.93. The Labute approximate surface area is 342 Å². The Morgan fingerprint density at radius 1 is 0.603 bits per heavy atom. The molecule has 2 unspecified atom stereocenters. The fraction of sp³-hybridized carbons (Fsp3) is 0.0926. The van der Waals surface area contributed by atoms with E-state index < -0.39 is 5.41 Å². The van der Waals surface area contributed by atoms with Crippen molar-refractivity contribution in [1.29, 1.82) is 0 Å². The van der Waals surface area contributed by atoms with Gasteiger partial charge in [0.25, 0.3) is 0 Å². The van der Waals surface area contributed by atoms with E-state index in [4.69, 9.17) is 4.99 Å². The molecule has 12 rings (SSSR count). The minimum atomic E-state index is -0.481. The quantitative estimate of drug-likeness (QED) is 0.186. The molecule has 3 aliphatic rings. The zero-order valence-corrected chi connectivity index (χ0v) is 32.9. The van der Waals surface area contributed by atoms with Crippen molar-refractivity contribution in [1.82, 2.24) is 9.88 Å². The summed E-state index contributed by atoms with van der Waals surface area (Å²) in [6.45, 7) is 2.32. The van der Waals surface area contributed by atoms with Gasteiger partial charge in [-0.15, -0.1) is 11.3 Å². The van der Waals surface area contributed by atoms with Crippen LogP contribution in [0.25, 0.3) is 59.4 Å². The maximum absolute atomic E-state index is 5.60. The first-order valence-electron chi connectivity index (χ1n) is 20.3. The number of allylic oxidation sites excluding steroid dienone is 2. The highest BCUT2D eigenvalue weighted by atomic mass is 32.1. The summed E-state index contributed by atoms with van der Waals surface area (Å²) < 4.78 is 5.04. The number of benzene rings is 7. The molecule has 3 nitrogen and oxygen atoms in total. The number of hydrogen-bond acceptors (Lipinski definition) is 3. The SMILES string of the molecule is CC1C=Cc2c(c3ccc(C4(c5ccccc5)c5ccccc5-c5ccccc54)cc3n2C2N=C(c3cccc4c3sc3c(-c5ccccc5)cccc34)C=CN2)C1. The molecular formula is C54H39N3S. The van der Waals surface area contributed by atoms with Gasteiger partial charge in [-0.1, -0.05) is 171 Å². The number of hydrogen-bond donors (Lipinski definition) is 1. The van der Waals surface area contributed by atoms with Crippen LogP contribution in [-0.2, 0) is 11.8 Å².